The van der Waals surface area contributed by atoms with E-state index in [-0.39, 0.29) is 23.5 Å². The summed E-state index contributed by atoms with van der Waals surface area (Å²) in [6.45, 7) is 5.27. The van der Waals surface area contributed by atoms with Gasteiger partial charge >= 0.3 is 5.97 Å². The van der Waals surface area contributed by atoms with Crippen LogP contribution >= 0.6 is 11.8 Å². The van der Waals surface area contributed by atoms with E-state index in [4.69, 9.17) is 4.74 Å². The van der Waals surface area contributed by atoms with Gasteiger partial charge in [-0.15, -0.1) is 0 Å². The first-order valence-corrected chi connectivity index (χ1v) is 9.67. The number of fused-ring (bicyclic) bond motifs is 1. The highest BCUT2D eigenvalue weighted by molar-refractivity contribution is 7.99. The number of nitrogens with zero attached hydrogens (tertiary/aromatic N) is 3. The molecule has 1 aliphatic rings. The number of amides is 2. The number of aromatic nitrogens is 2. The fourth-order valence-electron chi connectivity index (χ4n) is 2.98. The molecular formula is C18H21N3O4S. The van der Waals surface area contributed by atoms with Crippen molar-refractivity contribution in [2.45, 2.75) is 38.4 Å². The van der Waals surface area contributed by atoms with Gasteiger partial charge in [0.05, 0.1) is 29.0 Å². The maximum atomic E-state index is 12.2. The first-order valence-electron chi connectivity index (χ1n) is 8.68. The molecular weight excluding hydrogens is 354 g/mol. The number of thioether (sulfide) groups is 1. The molecule has 0 unspecified atom stereocenters. The summed E-state index contributed by atoms with van der Waals surface area (Å²) in [5.74, 6) is -0.491. The Morgan fingerprint density at radius 3 is 2.77 bits per heavy atom. The van der Waals surface area contributed by atoms with Gasteiger partial charge in [0.1, 0.15) is 0 Å². The van der Waals surface area contributed by atoms with Crippen LogP contribution in [-0.4, -0.2) is 51.1 Å². The van der Waals surface area contributed by atoms with Crippen molar-refractivity contribution in [1.82, 2.24) is 14.5 Å². The average molecular weight is 375 g/mol. The Kier molecular flexibility index (Phi) is 5.61. The molecule has 0 saturated carbocycles. The molecule has 3 rings (SSSR count). The lowest BCUT2D eigenvalue weighted by molar-refractivity contribution is -0.140. The van der Waals surface area contributed by atoms with Crippen LogP contribution in [0.2, 0.25) is 0 Å². The maximum Gasteiger partial charge on any atom is 0.338 e. The molecule has 2 aromatic rings. The van der Waals surface area contributed by atoms with E-state index in [0.29, 0.717) is 42.4 Å². The van der Waals surface area contributed by atoms with Crippen LogP contribution in [0.1, 0.15) is 37.0 Å². The van der Waals surface area contributed by atoms with E-state index < -0.39 is 0 Å². The molecule has 1 saturated heterocycles. The van der Waals surface area contributed by atoms with E-state index in [1.165, 1.54) is 16.7 Å². The minimum atomic E-state index is -0.377. The highest BCUT2D eigenvalue weighted by Crippen LogP contribution is 2.26. The average Bonchev–Trinajstić information content (AvgIpc) is 3.21. The molecule has 0 spiro atoms. The Morgan fingerprint density at radius 1 is 1.31 bits per heavy atom. The van der Waals surface area contributed by atoms with Crippen molar-refractivity contribution in [3.8, 4) is 0 Å². The summed E-state index contributed by atoms with van der Waals surface area (Å²) in [5, 5.41) is 0.698. The van der Waals surface area contributed by atoms with Crippen LogP contribution < -0.4 is 0 Å². The molecule has 2 heterocycles. The zero-order valence-corrected chi connectivity index (χ0v) is 15.7. The van der Waals surface area contributed by atoms with Gasteiger partial charge in [-0.25, -0.2) is 9.78 Å². The van der Waals surface area contributed by atoms with Crippen molar-refractivity contribution in [1.29, 1.82) is 0 Å². The molecule has 138 valence electrons. The van der Waals surface area contributed by atoms with Crippen molar-refractivity contribution in [3.63, 3.8) is 0 Å². The van der Waals surface area contributed by atoms with Gasteiger partial charge in [0.2, 0.25) is 11.8 Å². The first-order chi connectivity index (χ1) is 12.5. The minimum absolute atomic E-state index is 0.0985. The zero-order valence-electron chi connectivity index (χ0n) is 14.9. The van der Waals surface area contributed by atoms with E-state index in [2.05, 4.69) is 4.98 Å². The molecule has 1 aromatic carbocycles. The van der Waals surface area contributed by atoms with Crippen molar-refractivity contribution in [2.24, 2.45) is 0 Å². The second kappa shape index (κ2) is 7.90. The van der Waals surface area contributed by atoms with Crippen molar-refractivity contribution in [2.75, 3.05) is 18.9 Å². The van der Waals surface area contributed by atoms with Crippen molar-refractivity contribution < 1.29 is 19.1 Å². The summed E-state index contributed by atoms with van der Waals surface area (Å²) in [5.41, 5.74) is 2.03. The fraction of sp³-hybridized carbons (Fsp3) is 0.444. The molecule has 26 heavy (non-hydrogen) atoms. The van der Waals surface area contributed by atoms with Crippen LogP contribution in [0.4, 0.5) is 0 Å². The number of likely N-dealkylation sites (tertiary alicyclic amines) is 1. The number of carbonyl (C=O) groups excluding carboxylic acids is 3. The third-order valence-electron chi connectivity index (χ3n) is 4.24. The van der Waals surface area contributed by atoms with Gasteiger partial charge < -0.3 is 9.30 Å². The first kappa shape index (κ1) is 18.4. The number of ether oxygens (including phenoxy) is 1. The van der Waals surface area contributed by atoms with Gasteiger partial charge in [-0.05, 0) is 38.5 Å². The van der Waals surface area contributed by atoms with Crippen LogP contribution in [0.25, 0.3) is 11.0 Å². The number of aryl methyl sites for hydroxylation is 1. The molecule has 0 bridgehead atoms. The lowest BCUT2D eigenvalue weighted by atomic mass is 10.2. The summed E-state index contributed by atoms with van der Waals surface area (Å²) in [7, 11) is 0. The predicted octanol–water partition coefficient (Wildman–Crippen LogP) is 2.47. The van der Waals surface area contributed by atoms with E-state index in [9.17, 15) is 14.4 Å². The van der Waals surface area contributed by atoms with Gasteiger partial charge in [0.25, 0.3) is 0 Å². The minimum Gasteiger partial charge on any atom is -0.462 e. The lowest BCUT2D eigenvalue weighted by Gasteiger charge is -2.13. The van der Waals surface area contributed by atoms with E-state index in [0.717, 1.165) is 11.9 Å². The van der Waals surface area contributed by atoms with Gasteiger partial charge in [-0.3, -0.25) is 14.5 Å². The van der Waals surface area contributed by atoms with E-state index >= 15 is 0 Å². The number of hydrogen-bond acceptors (Lipinski definition) is 6. The molecule has 7 nitrogen and oxygen atoms in total. The summed E-state index contributed by atoms with van der Waals surface area (Å²) in [6.07, 6.45) is 1.18. The summed E-state index contributed by atoms with van der Waals surface area (Å²) < 4.78 is 7.02. The Balaban J connectivity index is 1.80. The van der Waals surface area contributed by atoms with Crippen LogP contribution in [0.15, 0.2) is 23.4 Å². The summed E-state index contributed by atoms with van der Waals surface area (Å²) in [4.78, 5) is 41.7. The monoisotopic (exact) mass is 375 g/mol. The number of rotatable bonds is 6. The third kappa shape index (κ3) is 3.60. The molecule has 1 aromatic heterocycles. The number of benzene rings is 1. The third-order valence-corrected chi connectivity index (χ3v) is 5.20. The van der Waals surface area contributed by atoms with Gasteiger partial charge in [-0.1, -0.05) is 11.8 Å². The zero-order chi connectivity index (χ0) is 18.7. The lowest BCUT2D eigenvalue weighted by Crippen LogP contribution is -2.33. The largest absolute Gasteiger partial charge is 0.462 e. The quantitative estimate of drug-likeness (QED) is 0.570. The fourth-order valence-corrected chi connectivity index (χ4v) is 3.94. The number of esters is 1. The molecule has 0 N–H and O–H groups in total. The van der Waals surface area contributed by atoms with Crippen LogP contribution in [0, 0.1) is 0 Å². The van der Waals surface area contributed by atoms with Crippen LogP contribution in [0.5, 0.6) is 0 Å². The Morgan fingerprint density at radius 2 is 2.12 bits per heavy atom. The molecule has 1 fully saturated rings. The van der Waals surface area contributed by atoms with Gasteiger partial charge in [0.15, 0.2) is 5.16 Å². The molecule has 2 amide bonds. The number of imide groups is 1. The second-order valence-corrected chi connectivity index (χ2v) is 6.84. The smallest absolute Gasteiger partial charge is 0.338 e. The molecule has 0 atom stereocenters. The number of carbonyl (C=O) groups is 3. The molecule has 1 aliphatic heterocycles. The second-order valence-electron chi connectivity index (χ2n) is 5.89. The highest BCUT2D eigenvalue weighted by Gasteiger charge is 2.26. The SMILES string of the molecule is CCOC(=O)c1ccc2c(c1)nc(SCC(=O)N1CCCC1=O)n2CC. The Bertz CT molecular complexity index is 861. The van der Waals surface area contributed by atoms with Crippen molar-refractivity contribution >= 4 is 40.6 Å². The van der Waals surface area contributed by atoms with Crippen LogP contribution in [-0.2, 0) is 20.9 Å². The predicted molar refractivity (Wildman–Crippen MR) is 98.0 cm³/mol. The Labute approximate surface area is 155 Å². The number of imidazole rings is 1. The molecule has 0 aliphatic carbocycles. The van der Waals surface area contributed by atoms with Gasteiger partial charge in [-0.2, -0.15) is 0 Å². The van der Waals surface area contributed by atoms with Gasteiger partial charge in [0, 0.05) is 19.5 Å². The highest BCUT2D eigenvalue weighted by atomic mass is 32.2. The molecule has 8 heteroatoms. The van der Waals surface area contributed by atoms with E-state index in [1.54, 1.807) is 19.1 Å². The Hall–Kier alpha value is -2.35. The molecule has 0 radical (unpaired) electrons. The summed E-state index contributed by atoms with van der Waals surface area (Å²) in [6, 6.07) is 5.26. The van der Waals surface area contributed by atoms with E-state index in [1.807, 2.05) is 17.6 Å². The topological polar surface area (TPSA) is 81.5 Å². The van der Waals surface area contributed by atoms with Crippen molar-refractivity contribution in [3.05, 3.63) is 23.8 Å². The standard InChI is InChI=1S/C18H21N3O4S/c1-3-20-14-8-7-12(17(24)25-4-2)10-13(14)19-18(20)26-11-16(23)21-9-5-6-15(21)22/h7-8,10H,3-6,9,11H2,1-2H3. The number of hydrogen-bond donors (Lipinski definition) is 0. The van der Waals surface area contributed by atoms with Crippen LogP contribution in [0.3, 0.4) is 0 Å². The summed E-state index contributed by atoms with van der Waals surface area (Å²) >= 11 is 1.31. The maximum absolute atomic E-state index is 12.2. The normalized spacial score (nSPS) is 14.2.